The van der Waals surface area contributed by atoms with Gasteiger partial charge in [-0.05, 0) is 72.1 Å². The molecule has 0 atom stereocenters. The number of anilines is 2. The van der Waals surface area contributed by atoms with Gasteiger partial charge in [0.1, 0.15) is 5.69 Å². The fourth-order valence-electron chi connectivity index (χ4n) is 4.40. The molecule has 1 aromatic heterocycles. The number of amides is 3. The summed E-state index contributed by atoms with van der Waals surface area (Å²) >= 11 is 0. The first kappa shape index (κ1) is 30.6. The molecule has 226 valence electrons. The number of alkyl halides is 3. The molecule has 4 aromatic carbocycles. The first-order valence-corrected chi connectivity index (χ1v) is 13.7. The van der Waals surface area contributed by atoms with E-state index in [2.05, 4.69) is 25.9 Å². The van der Waals surface area contributed by atoms with E-state index in [0.29, 0.717) is 33.8 Å². The van der Waals surface area contributed by atoms with E-state index in [1.54, 1.807) is 73.7 Å². The minimum Gasteiger partial charge on any atom is -0.348 e. The van der Waals surface area contributed by atoms with Crippen LogP contribution in [0.3, 0.4) is 0 Å². The first-order chi connectivity index (χ1) is 21.6. The third kappa shape index (κ3) is 7.77. The van der Waals surface area contributed by atoms with Gasteiger partial charge in [-0.3, -0.25) is 19.4 Å². The SMILES string of the molecule is Cc1cnc(C(=O)Nc2ccc(CNC(=O)c3cccc(NC(=O)c4ccccc4-c4ccc(C(F)(F)F)cc4)c3)cc2)cn1. The molecule has 0 saturated carbocycles. The number of carbonyl (C=O) groups is 3. The molecule has 5 rings (SSSR count). The van der Waals surface area contributed by atoms with Gasteiger partial charge in [0.2, 0.25) is 0 Å². The average Bonchev–Trinajstić information content (AvgIpc) is 3.04. The number of hydrogen-bond acceptors (Lipinski definition) is 5. The number of rotatable bonds is 8. The summed E-state index contributed by atoms with van der Waals surface area (Å²) in [6, 6.07) is 24.5. The highest BCUT2D eigenvalue weighted by molar-refractivity contribution is 6.09. The quantitative estimate of drug-likeness (QED) is 0.177. The highest BCUT2D eigenvalue weighted by Crippen LogP contribution is 2.32. The van der Waals surface area contributed by atoms with Crippen molar-refractivity contribution >= 4 is 29.1 Å². The monoisotopic (exact) mass is 609 g/mol. The minimum absolute atomic E-state index is 0.193. The first-order valence-electron chi connectivity index (χ1n) is 13.7. The van der Waals surface area contributed by atoms with Gasteiger partial charge in [-0.2, -0.15) is 13.2 Å². The van der Waals surface area contributed by atoms with Crippen molar-refractivity contribution in [1.29, 1.82) is 0 Å². The van der Waals surface area contributed by atoms with E-state index in [4.69, 9.17) is 0 Å². The molecule has 0 fully saturated rings. The van der Waals surface area contributed by atoms with Gasteiger partial charge in [0.25, 0.3) is 17.7 Å². The van der Waals surface area contributed by atoms with Crippen LogP contribution in [0.5, 0.6) is 0 Å². The van der Waals surface area contributed by atoms with E-state index < -0.39 is 23.6 Å². The molecular weight excluding hydrogens is 583 g/mol. The minimum atomic E-state index is -4.46. The van der Waals surface area contributed by atoms with Crippen molar-refractivity contribution in [2.24, 2.45) is 0 Å². The van der Waals surface area contributed by atoms with Gasteiger partial charge in [0.15, 0.2) is 0 Å². The second-order valence-electron chi connectivity index (χ2n) is 10.0. The molecule has 0 spiro atoms. The van der Waals surface area contributed by atoms with Crippen LogP contribution in [-0.4, -0.2) is 27.7 Å². The molecule has 0 saturated heterocycles. The van der Waals surface area contributed by atoms with Gasteiger partial charge >= 0.3 is 6.18 Å². The molecule has 45 heavy (non-hydrogen) atoms. The number of carbonyl (C=O) groups excluding carboxylic acids is 3. The van der Waals surface area contributed by atoms with Gasteiger partial charge in [-0.15, -0.1) is 0 Å². The molecule has 3 N–H and O–H groups in total. The van der Waals surface area contributed by atoms with Crippen LogP contribution in [0.2, 0.25) is 0 Å². The Bertz CT molecular complexity index is 1840. The Labute approximate surface area is 256 Å². The number of halogens is 3. The normalized spacial score (nSPS) is 11.0. The number of hydrogen-bond donors (Lipinski definition) is 3. The molecule has 5 aromatic rings. The zero-order valence-electron chi connectivity index (χ0n) is 23.9. The van der Waals surface area contributed by atoms with Gasteiger partial charge in [0.05, 0.1) is 17.5 Å². The van der Waals surface area contributed by atoms with Crippen LogP contribution in [0.1, 0.15) is 48.0 Å². The van der Waals surface area contributed by atoms with Crippen LogP contribution in [0, 0.1) is 6.92 Å². The predicted octanol–water partition coefficient (Wildman–Crippen LogP) is 6.91. The maximum atomic E-state index is 13.2. The highest BCUT2D eigenvalue weighted by Gasteiger charge is 2.30. The summed E-state index contributed by atoms with van der Waals surface area (Å²) < 4.78 is 39.0. The zero-order chi connectivity index (χ0) is 32.0. The Balaban J connectivity index is 1.19. The molecule has 0 aliphatic rings. The molecule has 0 aliphatic carbocycles. The van der Waals surface area contributed by atoms with Crippen LogP contribution in [0.4, 0.5) is 24.5 Å². The lowest BCUT2D eigenvalue weighted by molar-refractivity contribution is -0.137. The Morgan fingerprint density at radius 1 is 0.711 bits per heavy atom. The maximum absolute atomic E-state index is 13.2. The van der Waals surface area contributed by atoms with Crippen molar-refractivity contribution in [3.8, 4) is 11.1 Å². The van der Waals surface area contributed by atoms with Crippen LogP contribution in [0.25, 0.3) is 11.1 Å². The number of benzene rings is 4. The van der Waals surface area contributed by atoms with Crippen molar-refractivity contribution in [3.63, 3.8) is 0 Å². The highest BCUT2D eigenvalue weighted by atomic mass is 19.4. The predicted molar refractivity (Wildman–Crippen MR) is 164 cm³/mol. The van der Waals surface area contributed by atoms with Gasteiger partial charge in [-0.25, -0.2) is 4.98 Å². The molecule has 0 unspecified atom stereocenters. The smallest absolute Gasteiger partial charge is 0.348 e. The molecule has 0 aliphatic heterocycles. The lowest BCUT2D eigenvalue weighted by Gasteiger charge is -2.13. The largest absolute Gasteiger partial charge is 0.416 e. The maximum Gasteiger partial charge on any atom is 0.416 e. The molecule has 0 bridgehead atoms. The van der Waals surface area contributed by atoms with E-state index in [9.17, 15) is 27.6 Å². The van der Waals surface area contributed by atoms with Gasteiger partial charge in [-0.1, -0.05) is 48.5 Å². The summed E-state index contributed by atoms with van der Waals surface area (Å²) in [6.07, 6.45) is -1.55. The molecule has 0 radical (unpaired) electrons. The number of nitrogens with one attached hydrogen (secondary N) is 3. The second-order valence-corrected chi connectivity index (χ2v) is 10.0. The summed E-state index contributed by atoms with van der Waals surface area (Å²) in [4.78, 5) is 46.5. The van der Waals surface area contributed by atoms with Crippen LogP contribution >= 0.6 is 0 Å². The Kier molecular flexibility index (Phi) is 8.99. The van der Waals surface area contributed by atoms with Gasteiger partial charge in [0, 0.05) is 35.2 Å². The van der Waals surface area contributed by atoms with Crippen molar-refractivity contribution < 1.29 is 27.6 Å². The Morgan fingerprint density at radius 3 is 2.11 bits per heavy atom. The number of aromatic nitrogens is 2. The third-order valence-electron chi connectivity index (χ3n) is 6.76. The molecule has 3 amide bonds. The van der Waals surface area contributed by atoms with Crippen molar-refractivity contribution in [3.05, 3.63) is 143 Å². The second kappa shape index (κ2) is 13.2. The van der Waals surface area contributed by atoms with Crippen molar-refractivity contribution in [1.82, 2.24) is 15.3 Å². The van der Waals surface area contributed by atoms with E-state index in [0.717, 1.165) is 17.7 Å². The lowest BCUT2D eigenvalue weighted by Crippen LogP contribution is -2.23. The zero-order valence-corrected chi connectivity index (χ0v) is 23.9. The van der Waals surface area contributed by atoms with Crippen LogP contribution in [-0.2, 0) is 12.7 Å². The van der Waals surface area contributed by atoms with Gasteiger partial charge < -0.3 is 16.0 Å². The van der Waals surface area contributed by atoms with E-state index >= 15 is 0 Å². The Morgan fingerprint density at radius 2 is 1.42 bits per heavy atom. The molecule has 1 heterocycles. The Hall–Kier alpha value is -5.84. The summed E-state index contributed by atoms with van der Waals surface area (Å²) in [6.45, 7) is 1.99. The lowest BCUT2D eigenvalue weighted by atomic mass is 9.98. The molecule has 8 nitrogen and oxygen atoms in total. The topological polar surface area (TPSA) is 113 Å². The molecular formula is C34H26F3N5O3. The van der Waals surface area contributed by atoms with Crippen LogP contribution in [0.15, 0.2) is 109 Å². The summed E-state index contributed by atoms with van der Waals surface area (Å²) in [5.74, 6) is -1.24. The standard InChI is InChI=1S/C34H26F3N5O3/c1-21-18-39-30(20-38-21)33(45)41-26-15-9-22(10-16-26)19-40-31(43)24-5-4-6-27(17-24)42-32(44)29-8-3-2-7-28(29)23-11-13-25(14-12-23)34(35,36)37/h2-18,20H,19H2,1H3,(H,40,43)(H,41,45)(H,42,44). The van der Waals surface area contributed by atoms with E-state index in [-0.39, 0.29) is 23.7 Å². The fraction of sp³-hybridized carbons (Fsp3) is 0.0882. The summed E-state index contributed by atoms with van der Waals surface area (Å²) in [7, 11) is 0. The van der Waals surface area contributed by atoms with Crippen molar-refractivity contribution in [2.45, 2.75) is 19.6 Å². The number of nitrogens with zero attached hydrogens (tertiary/aromatic N) is 2. The van der Waals surface area contributed by atoms with Crippen LogP contribution < -0.4 is 16.0 Å². The average molecular weight is 610 g/mol. The summed E-state index contributed by atoms with van der Waals surface area (Å²) in [5, 5.41) is 8.34. The number of aryl methyl sites for hydroxylation is 1. The third-order valence-corrected chi connectivity index (χ3v) is 6.76. The molecule has 11 heteroatoms. The van der Waals surface area contributed by atoms with E-state index in [1.807, 2.05) is 0 Å². The van der Waals surface area contributed by atoms with Crippen molar-refractivity contribution in [2.75, 3.05) is 10.6 Å². The fourth-order valence-corrected chi connectivity index (χ4v) is 4.40. The van der Waals surface area contributed by atoms with E-state index in [1.165, 1.54) is 30.6 Å². The summed E-state index contributed by atoms with van der Waals surface area (Å²) in [5.41, 5.74) is 3.33.